The highest BCUT2D eigenvalue weighted by Crippen LogP contribution is 2.28. The van der Waals surface area contributed by atoms with Crippen LogP contribution in [-0.4, -0.2) is 36.1 Å². The molecule has 0 saturated heterocycles. The number of nitrogens with one attached hydrogen (secondary N) is 1. The van der Waals surface area contributed by atoms with Crippen LogP contribution in [0.25, 0.3) is 0 Å². The Kier molecular flexibility index (Phi) is 8.40. The average Bonchev–Trinajstić information content (AvgIpc) is 2.65. The van der Waals surface area contributed by atoms with Crippen LogP contribution in [0.2, 0.25) is 0 Å². The summed E-state index contributed by atoms with van der Waals surface area (Å²) in [5.74, 6) is 2.25. The van der Waals surface area contributed by atoms with Gasteiger partial charge in [-0.15, -0.1) is 0 Å². The zero-order valence-corrected chi connectivity index (χ0v) is 15.9. The predicted molar refractivity (Wildman–Crippen MR) is 102 cm³/mol. The van der Waals surface area contributed by atoms with Gasteiger partial charge in [0.15, 0.2) is 11.5 Å². The van der Waals surface area contributed by atoms with Crippen molar-refractivity contribution < 1.29 is 23.0 Å². The van der Waals surface area contributed by atoms with Crippen LogP contribution in [0.4, 0.5) is 0 Å². The Labute approximate surface area is 156 Å². The molecule has 0 aromatic heterocycles. The van der Waals surface area contributed by atoms with Gasteiger partial charge in [0.05, 0.1) is 14.2 Å². The summed E-state index contributed by atoms with van der Waals surface area (Å²) in [6, 6.07) is 13.9. The first-order valence-electron chi connectivity index (χ1n) is 8.39. The van der Waals surface area contributed by atoms with Gasteiger partial charge in [-0.1, -0.05) is 18.2 Å². The summed E-state index contributed by atoms with van der Waals surface area (Å²) < 4.78 is 37.7. The van der Waals surface area contributed by atoms with E-state index >= 15 is 0 Å². The molecule has 142 valence electrons. The Morgan fingerprint density at radius 1 is 1.00 bits per heavy atom. The van der Waals surface area contributed by atoms with Gasteiger partial charge in [0, 0.05) is 6.54 Å². The number of methoxy groups -OCH3 is 2. The number of rotatable bonds is 11. The molecule has 7 heteroatoms. The molecule has 2 rings (SSSR count). The fraction of sp³-hybridized carbons (Fsp3) is 0.368. The lowest BCUT2D eigenvalue weighted by Crippen LogP contribution is -2.22. The van der Waals surface area contributed by atoms with Crippen molar-refractivity contribution in [2.45, 2.75) is 19.3 Å². The number of ether oxygens (including phenoxy) is 3. The third-order valence-corrected chi connectivity index (χ3v) is 4.32. The molecule has 1 atom stereocenters. The summed E-state index contributed by atoms with van der Waals surface area (Å²) in [5, 5.41) is 0. The maximum absolute atomic E-state index is 10.5. The lowest BCUT2D eigenvalue weighted by Gasteiger charge is -2.10. The van der Waals surface area contributed by atoms with Crippen LogP contribution in [0.15, 0.2) is 42.5 Å². The lowest BCUT2D eigenvalue weighted by molar-refractivity contribution is 0.322. The molecule has 0 heterocycles. The Hall–Kier alpha value is -2.09. The Balaban J connectivity index is 1.82. The summed E-state index contributed by atoms with van der Waals surface area (Å²) in [6.45, 7) is 0.647. The maximum atomic E-state index is 10.5. The molecule has 2 aromatic carbocycles. The van der Waals surface area contributed by atoms with Gasteiger partial charge in [-0.2, -0.15) is 0 Å². The van der Waals surface area contributed by atoms with E-state index in [1.54, 1.807) is 14.2 Å². The van der Waals surface area contributed by atoms with E-state index < -0.39 is 11.3 Å². The minimum atomic E-state index is -2.00. The van der Waals surface area contributed by atoms with Crippen molar-refractivity contribution in [3.8, 4) is 17.2 Å². The number of hydrogen-bond donors (Lipinski definition) is 2. The van der Waals surface area contributed by atoms with E-state index in [-0.39, 0.29) is 0 Å². The quantitative estimate of drug-likeness (QED) is 0.464. The van der Waals surface area contributed by atoms with Gasteiger partial charge in [0.1, 0.15) is 12.4 Å². The van der Waals surface area contributed by atoms with Gasteiger partial charge in [-0.05, 0) is 54.7 Å². The van der Waals surface area contributed by atoms with Gasteiger partial charge in [-0.25, -0.2) is 8.93 Å². The molecule has 1 unspecified atom stereocenters. The minimum Gasteiger partial charge on any atom is -0.493 e. The number of hydrogen-bond acceptors (Lipinski definition) is 4. The Morgan fingerprint density at radius 2 is 1.73 bits per heavy atom. The Morgan fingerprint density at radius 3 is 2.42 bits per heavy atom. The molecule has 2 aromatic rings. The third kappa shape index (κ3) is 6.67. The van der Waals surface area contributed by atoms with Crippen LogP contribution in [0, 0.1) is 0 Å². The van der Waals surface area contributed by atoms with Crippen molar-refractivity contribution in [3.05, 3.63) is 53.6 Å². The average molecular weight is 379 g/mol. The van der Waals surface area contributed by atoms with Gasteiger partial charge in [0.25, 0.3) is 0 Å². The number of benzene rings is 2. The van der Waals surface area contributed by atoms with Crippen molar-refractivity contribution >= 4 is 11.3 Å². The molecule has 2 N–H and O–H groups in total. The molecule has 0 aliphatic heterocycles. The second kappa shape index (κ2) is 10.8. The molecule has 0 radical (unpaired) electrons. The van der Waals surface area contributed by atoms with Crippen LogP contribution in [0.3, 0.4) is 0 Å². The van der Waals surface area contributed by atoms with E-state index in [0.29, 0.717) is 13.2 Å². The first-order chi connectivity index (χ1) is 12.6. The van der Waals surface area contributed by atoms with Crippen molar-refractivity contribution in [2.75, 3.05) is 27.4 Å². The van der Waals surface area contributed by atoms with Crippen LogP contribution < -0.4 is 18.9 Å². The van der Waals surface area contributed by atoms with Crippen molar-refractivity contribution in [3.63, 3.8) is 0 Å². The smallest absolute Gasteiger partial charge is 0.231 e. The molecule has 0 spiro atoms. The molecule has 26 heavy (non-hydrogen) atoms. The van der Waals surface area contributed by atoms with Gasteiger partial charge in [0.2, 0.25) is 11.3 Å². The van der Waals surface area contributed by atoms with Crippen molar-refractivity contribution in [1.82, 2.24) is 4.72 Å². The monoisotopic (exact) mass is 379 g/mol. The predicted octanol–water partition coefficient (Wildman–Crippen LogP) is 2.98. The fourth-order valence-corrected chi connectivity index (χ4v) is 2.88. The van der Waals surface area contributed by atoms with Crippen LogP contribution in [0.1, 0.15) is 17.5 Å². The summed E-state index contributed by atoms with van der Waals surface area (Å²) >= 11 is -2.00. The zero-order valence-electron chi connectivity index (χ0n) is 15.1. The summed E-state index contributed by atoms with van der Waals surface area (Å²) in [5.41, 5.74) is 2.40. The number of aryl methyl sites for hydroxylation is 2. The molecule has 6 nitrogen and oxygen atoms in total. The SMILES string of the molecule is COc1ccc(CCCc2cccc(OCCNS(=O)O)c2)cc1OC. The van der Waals surface area contributed by atoms with E-state index in [1.165, 1.54) is 11.1 Å². The van der Waals surface area contributed by atoms with E-state index in [2.05, 4.69) is 16.9 Å². The molecular formula is C19H25NO5S. The normalized spacial score (nSPS) is 11.8. The van der Waals surface area contributed by atoms with E-state index in [1.807, 2.05) is 30.3 Å². The molecule has 0 aliphatic carbocycles. The van der Waals surface area contributed by atoms with Crippen LogP contribution >= 0.6 is 0 Å². The second-order valence-corrected chi connectivity index (χ2v) is 6.47. The third-order valence-electron chi connectivity index (χ3n) is 3.87. The minimum absolute atomic E-state index is 0.312. The molecule has 0 bridgehead atoms. The first kappa shape index (κ1) is 20.2. The van der Waals surface area contributed by atoms with E-state index in [4.69, 9.17) is 18.8 Å². The van der Waals surface area contributed by atoms with Crippen LogP contribution in [-0.2, 0) is 24.1 Å². The highest BCUT2D eigenvalue weighted by atomic mass is 32.2. The standard InChI is InChI=1S/C19H25NO5S/c1-23-18-10-9-16(14-19(18)24-2)6-3-5-15-7-4-8-17(13-15)25-12-11-20-26(21)22/h4,7-10,13-14,20H,3,5-6,11-12H2,1-2H3,(H,21,22). The summed E-state index contributed by atoms with van der Waals surface area (Å²) in [4.78, 5) is 0. The first-order valence-corrected chi connectivity index (χ1v) is 9.50. The topological polar surface area (TPSA) is 77.0 Å². The van der Waals surface area contributed by atoms with Crippen molar-refractivity contribution in [2.24, 2.45) is 0 Å². The van der Waals surface area contributed by atoms with Gasteiger partial charge >= 0.3 is 0 Å². The summed E-state index contributed by atoms with van der Waals surface area (Å²) in [7, 11) is 3.27. The van der Waals surface area contributed by atoms with Crippen LogP contribution in [0.5, 0.6) is 17.2 Å². The molecular weight excluding hydrogens is 354 g/mol. The molecule has 0 aliphatic rings. The maximum Gasteiger partial charge on any atom is 0.231 e. The summed E-state index contributed by atoms with van der Waals surface area (Å²) in [6.07, 6.45) is 2.88. The highest BCUT2D eigenvalue weighted by molar-refractivity contribution is 7.77. The highest BCUT2D eigenvalue weighted by Gasteiger charge is 2.05. The van der Waals surface area contributed by atoms with E-state index in [0.717, 1.165) is 36.5 Å². The molecule has 0 saturated carbocycles. The van der Waals surface area contributed by atoms with E-state index in [9.17, 15) is 4.21 Å². The molecule has 0 amide bonds. The Bertz CT molecular complexity index is 723. The second-order valence-electron chi connectivity index (χ2n) is 5.68. The lowest BCUT2D eigenvalue weighted by atomic mass is 10.0. The van der Waals surface area contributed by atoms with Gasteiger partial charge in [-0.3, -0.25) is 4.55 Å². The van der Waals surface area contributed by atoms with Crippen molar-refractivity contribution in [1.29, 1.82) is 0 Å². The zero-order chi connectivity index (χ0) is 18.8. The molecule has 0 fully saturated rings. The van der Waals surface area contributed by atoms with Gasteiger partial charge < -0.3 is 14.2 Å². The largest absolute Gasteiger partial charge is 0.493 e. The fourth-order valence-electron chi connectivity index (χ4n) is 2.62.